The van der Waals surface area contributed by atoms with Crippen molar-refractivity contribution in [1.82, 2.24) is 14.1 Å². The van der Waals surface area contributed by atoms with Crippen molar-refractivity contribution in [2.75, 3.05) is 0 Å². The highest BCUT2D eigenvalue weighted by molar-refractivity contribution is 6.29. The predicted octanol–water partition coefficient (Wildman–Crippen LogP) is 3.86. The molecule has 0 bridgehead atoms. The minimum absolute atomic E-state index is 0.180. The van der Waals surface area contributed by atoms with E-state index in [4.69, 9.17) is 16.3 Å². The first-order chi connectivity index (χ1) is 10.0. The molecule has 3 aromatic rings. The minimum Gasteiger partial charge on any atom is -0.491 e. The van der Waals surface area contributed by atoms with E-state index in [1.807, 2.05) is 31.5 Å². The predicted molar refractivity (Wildman–Crippen MR) is 85.0 cm³/mol. The van der Waals surface area contributed by atoms with Gasteiger partial charge in [-0.25, -0.2) is 4.98 Å². The Morgan fingerprint density at radius 3 is 2.76 bits per heavy atom. The summed E-state index contributed by atoms with van der Waals surface area (Å²) in [5.74, 6) is 1.83. The molecular weight excluding hydrogens is 286 g/mol. The maximum atomic E-state index is 6.03. The van der Waals surface area contributed by atoms with Gasteiger partial charge < -0.3 is 13.9 Å². The standard InChI is InChI=1S/C16H18ClN3O/c1-11(2)21-13-4-5-14-12(8-13)6-7-20(14)10-16-18-9-15(17)19(16)3/h4-9,11H,10H2,1-3H3. The van der Waals surface area contributed by atoms with Crippen molar-refractivity contribution in [2.24, 2.45) is 7.05 Å². The first-order valence-electron chi connectivity index (χ1n) is 6.96. The Kier molecular flexibility index (Phi) is 3.64. The lowest BCUT2D eigenvalue weighted by molar-refractivity contribution is 0.243. The summed E-state index contributed by atoms with van der Waals surface area (Å²) >= 11 is 6.03. The zero-order valence-electron chi connectivity index (χ0n) is 12.4. The molecule has 2 heterocycles. The molecule has 0 aliphatic heterocycles. The van der Waals surface area contributed by atoms with Crippen LogP contribution in [-0.2, 0) is 13.6 Å². The quantitative estimate of drug-likeness (QED) is 0.733. The normalized spacial score (nSPS) is 11.5. The van der Waals surface area contributed by atoms with E-state index >= 15 is 0 Å². The van der Waals surface area contributed by atoms with Gasteiger partial charge in [0.05, 0.1) is 18.8 Å². The number of rotatable bonds is 4. The van der Waals surface area contributed by atoms with Gasteiger partial charge in [0.25, 0.3) is 0 Å². The van der Waals surface area contributed by atoms with Gasteiger partial charge in [-0.2, -0.15) is 0 Å². The molecule has 0 aliphatic rings. The summed E-state index contributed by atoms with van der Waals surface area (Å²) in [5, 5.41) is 1.81. The third kappa shape index (κ3) is 2.76. The smallest absolute Gasteiger partial charge is 0.129 e. The van der Waals surface area contributed by atoms with E-state index < -0.39 is 0 Å². The largest absolute Gasteiger partial charge is 0.491 e. The van der Waals surface area contributed by atoms with E-state index in [1.54, 1.807) is 6.20 Å². The van der Waals surface area contributed by atoms with Crippen LogP contribution in [0.15, 0.2) is 36.7 Å². The molecule has 5 heteroatoms. The molecule has 2 aromatic heterocycles. The van der Waals surface area contributed by atoms with Crippen LogP contribution in [0.2, 0.25) is 5.15 Å². The lowest BCUT2D eigenvalue weighted by Gasteiger charge is -2.10. The van der Waals surface area contributed by atoms with Crippen LogP contribution in [0.4, 0.5) is 0 Å². The van der Waals surface area contributed by atoms with Crippen molar-refractivity contribution in [3.63, 3.8) is 0 Å². The van der Waals surface area contributed by atoms with Crippen LogP contribution in [0.3, 0.4) is 0 Å². The van der Waals surface area contributed by atoms with Crippen LogP contribution < -0.4 is 4.74 Å². The summed E-state index contributed by atoms with van der Waals surface area (Å²) in [6.45, 7) is 4.75. The number of ether oxygens (including phenoxy) is 1. The van der Waals surface area contributed by atoms with Crippen molar-refractivity contribution in [3.05, 3.63) is 47.6 Å². The Balaban J connectivity index is 1.92. The fraction of sp³-hybridized carbons (Fsp3) is 0.312. The molecule has 0 N–H and O–H groups in total. The highest BCUT2D eigenvalue weighted by atomic mass is 35.5. The van der Waals surface area contributed by atoms with Gasteiger partial charge in [0.15, 0.2) is 0 Å². The highest BCUT2D eigenvalue weighted by Gasteiger charge is 2.08. The highest BCUT2D eigenvalue weighted by Crippen LogP contribution is 2.23. The second-order valence-corrected chi connectivity index (χ2v) is 5.77. The van der Waals surface area contributed by atoms with Crippen molar-refractivity contribution in [1.29, 1.82) is 0 Å². The zero-order valence-corrected chi connectivity index (χ0v) is 13.1. The average molecular weight is 304 g/mol. The molecule has 0 atom stereocenters. The molecule has 3 rings (SSSR count). The van der Waals surface area contributed by atoms with Crippen molar-refractivity contribution in [3.8, 4) is 5.75 Å². The third-order valence-electron chi connectivity index (χ3n) is 3.45. The molecule has 110 valence electrons. The van der Waals surface area contributed by atoms with Gasteiger partial charge in [-0.15, -0.1) is 0 Å². The molecule has 0 aliphatic carbocycles. The summed E-state index contributed by atoms with van der Waals surface area (Å²) in [6.07, 6.45) is 3.92. The molecule has 0 radical (unpaired) electrons. The molecule has 0 saturated carbocycles. The summed E-state index contributed by atoms with van der Waals surface area (Å²) in [4.78, 5) is 4.34. The second-order valence-electron chi connectivity index (χ2n) is 5.39. The van der Waals surface area contributed by atoms with Crippen LogP contribution >= 0.6 is 11.6 Å². The lowest BCUT2D eigenvalue weighted by atomic mass is 10.2. The molecule has 0 fully saturated rings. The van der Waals surface area contributed by atoms with Gasteiger partial charge in [0.2, 0.25) is 0 Å². The maximum absolute atomic E-state index is 6.03. The number of nitrogens with zero attached hydrogens (tertiary/aromatic N) is 3. The van der Waals surface area contributed by atoms with Gasteiger partial charge in [-0.1, -0.05) is 11.6 Å². The Labute approximate surface area is 128 Å². The molecule has 0 spiro atoms. The van der Waals surface area contributed by atoms with Crippen LogP contribution in [-0.4, -0.2) is 20.2 Å². The summed E-state index contributed by atoms with van der Waals surface area (Å²) < 4.78 is 9.78. The van der Waals surface area contributed by atoms with E-state index in [2.05, 4.69) is 33.9 Å². The number of aromatic nitrogens is 3. The number of hydrogen-bond acceptors (Lipinski definition) is 2. The summed E-state index contributed by atoms with van der Waals surface area (Å²) in [6, 6.07) is 8.24. The fourth-order valence-corrected chi connectivity index (χ4v) is 2.53. The van der Waals surface area contributed by atoms with Crippen LogP contribution in [0.25, 0.3) is 10.9 Å². The van der Waals surface area contributed by atoms with E-state index in [1.165, 1.54) is 0 Å². The van der Waals surface area contributed by atoms with Crippen molar-refractivity contribution >= 4 is 22.5 Å². The maximum Gasteiger partial charge on any atom is 0.129 e. The Morgan fingerprint density at radius 2 is 2.10 bits per heavy atom. The van der Waals surface area contributed by atoms with Gasteiger partial charge in [0, 0.05) is 24.1 Å². The van der Waals surface area contributed by atoms with Crippen LogP contribution in [0, 0.1) is 0 Å². The van der Waals surface area contributed by atoms with Crippen LogP contribution in [0.1, 0.15) is 19.7 Å². The van der Waals surface area contributed by atoms with Gasteiger partial charge in [-0.05, 0) is 38.1 Å². The van der Waals surface area contributed by atoms with E-state index in [9.17, 15) is 0 Å². The van der Waals surface area contributed by atoms with Crippen LogP contribution in [0.5, 0.6) is 5.75 Å². The Hall–Kier alpha value is -1.94. The average Bonchev–Trinajstić information content (AvgIpc) is 2.97. The molecule has 0 unspecified atom stereocenters. The number of imidazole rings is 1. The first-order valence-corrected chi connectivity index (χ1v) is 7.34. The Bertz CT molecular complexity index is 773. The van der Waals surface area contributed by atoms with E-state index in [0.29, 0.717) is 11.7 Å². The summed E-state index contributed by atoms with van der Waals surface area (Å²) in [5.41, 5.74) is 1.16. The molecule has 0 amide bonds. The van der Waals surface area contributed by atoms with Gasteiger partial charge in [-0.3, -0.25) is 0 Å². The lowest BCUT2D eigenvalue weighted by Crippen LogP contribution is -2.06. The minimum atomic E-state index is 0.180. The monoisotopic (exact) mass is 303 g/mol. The topological polar surface area (TPSA) is 32.0 Å². The van der Waals surface area contributed by atoms with Crippen molar-refractivity contribution in [2.45, 2.75) is 26.5 Å². The number of hydrogen-bond donors (Lipinski definition) is 0. The molecule has 0 saturated heterocycles. The molecule has 4 nitrogen and oxygen atoms in total. The van der Waals surface area contributed by atoms with Crippen molar-refractivity contribution < 1.29 is 4.74 Å². The fourth-order valence-electron chi connectivity index (χ4n) is 2.39. The van der Waals surface area contributed by atoms with E-state index in [0.717, 1.165) is 22.5 Å². The second kappa shape index (κ2) is 5.45. The van der Waals surface area contributed by atoms with Gasteiger partial charge in [0.1, 0.15) is 16.7 Å². The zero-order chi connectivity index (χ0) is 15.0. The molecule has 1 aromatic carbocycles. The number of fused-ring (bicyclic) bond motifs is 1. The number of halogens is 1. The Morgan fingerprint density at radius 1 is 1.29 bits per heavy atom. The van der Waals surface area contributed by atoms with Gasteiger partial charge >= 0.3 is 0 Å². The SMILES string of the molecule is CC(C)Oc1ccc2c(ccn2Cc2ncc(Cl)n2C)c1. The first kappa shape index (κ1) is 14.0. The van der Waals surface area contributed by atoms with E-state index in [-0.39, 0.29) is 6.10 Å². The number of benzene rings is 1. The molecule has 21 heavy (non-hydrogen) atoms. The third-order valence-corrected chi connectivity index (χ3v) is 3.80. The summed E-state index contributed by atoms with van der Waals surface area (Å²) in [7, 11) is 1.92. The molecular formula is C16H18ClN3O.